The number of para-hydroxylation sites is 3. The minimum atomic E-state index is 0.440. The third kappa shape index (κ3) is 2.46. The van der Waals surface area contributed by atoms with E-state index in [1.807, 2.05) is 36.4 Å². The maximum absolute atomic E-state index is 6.42. The Morgan fingerprint density at radius 3 is 2.80 bits per heavy atom. The van der Waals surface area contributed by atoms with E-state index in [1.165, 1.54) is 0 Å². The average molecular weight is 308 g/mol. The smallest absolute Gasteiger partial charge is 0.142 e. The Bertz CT molecular complexity index is 615. The lowest BCUT2D eigenvalue weighted by atomic mass is 10.1. The highest BCUT2D eigenvalue weighted by Crippen LogP contribution is 2.41. The predicted octanol–water partition coefficient (Wildman–Crippen LogP) is 5.00. The predicted molar refractivity (Wildman–Crippen MR) is 84.6 cm³/mol. The molecule has 4 heteroatoms. The number of hydrogen-bond acceptors (Lipinski definition) is 2. The quantitative estimate of drug-likeness (QED) is 0.724. The van der Waals surface area contributed by atoms with Crippen LogP contribution in [0.3, 0.4) is 0 Å². The van der Waals surface area contributed by atoms with E-state index >= 15 is 0 Å². The van der Waals surface area contributed by atoms with Crippen LogP contribution in [0.2, 0.25) is 5.02 Å². The van der Waals surface area contributed by atoms with Crippen molar-refractivity contribution >= 4 is 34.6 Å². The zero-order valence-corrected chi connectivity index (χ0v) is 12.5. The number of ether oxygens (including phenoxy) is 1. The number of alkyl halides is 1. The van der Waals surface area contributed by atoms with Gasteiger partial charge in [-0.25, -0.2) is 0 Å². The molecule has 0 aliphatic carbocycles. The van der Waals surface area contributed by atoms with Crippen LogP contribution in [0.25, 0.3) is 0 Å². The molecule has 20 heavy (non-hydrogen) atoms. The van der Waals surface area contributed by atoms with Crippen molar-refractivity contribution in [2.75, 3.05) is 18.1 Å². The summed E-state index contributed by atoms with van der Waals surface area (Å²) in [5, 5.41) is 0.722. The second-order valence-electron chi connectivity index (χ2n) is 4.70. The van der Waals surface area contributed by atoms with Crippen LogP contribution in [0, 0.1) is 0 Å². The number of fused-ring (bicyclic) bond motifs is 1. The largest absolute Gasteiger partial charge is 0.491 e. The monoisotopic (exact) mass is 307 g/mol. The van der Waals surface area contributed by atoms with Gasteiger partial charge in [-0.2, -0.15) is 0 Å². The van der Waals surface area contributed by atoms with E-state index in [0.29, 0.717) is 12.5 Å². The van der Waals surface area contributed by atoms with Crippen LogP contribution in [0.5, 0.6) is 5.75 Å². The third-order valence-corrected chi connectivity index (χ3v) is 4.02. The van der Waals surface area contributed by atoms with Crippen molar-refractivity contribution in [1.29, 1.82) is 0 Å². The van der Waals surface area contributed by atoms with Gasteiger partial charge in [0.1, 0.15) is 5.75 Å². The SMILES string of the molecule is ClCc1cccc(Cl)c1N1CCCOc2ccccc21. The van der Waals surface area contributed by atoms with Crippen molar-refractivity contribution in [3.8, 4) is 5.75 Å². The zero-order valence-electron chi connectivity index (χ0n) is 11.0. The number of benzene rings is 2. The summed E-state index contributed by atoms with van der Waals surface area (Å²) < 4.78 is 5.80. The van der Waals surface area contributed by atoms with E-state index in [2.05, 4.69) is 11.0 Å². The van der Waals surface area contributed by atoms with E-state index in [-0.39, 0.29) is 0 Å². The van der Waals surface area contributed by atoms with Crippen LogP contribution < -0.4 is 9.64 Å². The van der Waals surface area contributed by atoms with Crippen molar-refractivity contribution in [1.82, 2.24) is 0 Å². The number of anilines is 2. The molecule has 3 rings (SSSR count). The Hall–Kier alpha value is -1.38. The summed E-state index contributed by atoms with van der Waals surface area (Å²) >= 11 is 12.5. The van der Waals surface area contributed by atoms with E-state index in [4.69, 9.17) is 27.9 Å². The minimum absolute atomic E-state index is 0.440. The molecule has 0 amide bonds. The number of nitrogens with zero attached hydrogens (tertiary/aromatic N) is 1. The fourth-order valence-electron chi connectivity index (χ4n) is 2.53. The minimum Gasteiger partial charge on any atom is -0.491 e. The molecule has 0 aromatic heterocycles. The molecule has 0 radical (unpaired) electrons. The number of hydrogen-bond donors (Lipinski definition) is 0. The second kappa shape index (κ2) is 5.94. The van der Waals surface area contributed by atoms with Gasteiger partial charge in [-0.05, 0) is 30.2 Å². The molecule has 0 N–H and O–H groups in total. The summed E-state index contributed by atoms with van der Waals surface area (Å²) in [4.78, 5) is 2.21. The topological polar surface area (TPSA) is 12.5 Å². The van der Waals surface area contributed by atoms with Crippen molar-refractivity contribution in [3.63, 3.8) is 0 Å². The first-order valence-corrected chi connectivity index (χ1v) is 7.55. The van der Waals surface area contributed by atoms with Crippen LogP contribution in [-0.4, -0.2) is 13.2 Å². The normalized spacial score (nSPS) is 14.4. The lowest BCUT2D eigenvalue weighted by Gasteiger charge is -2.27. The summed E-state index contributed by atoms with van der Waals surface area (Å²) in [5.41, 5.74) is 3.07. The van der Waals surface area contributed by atoms with Gasteiger partial charge < -0.3 is 9.64 Å². The fourth-order valence-corrected chi connectivity index (χ4v) is 3.04. The van der Waals surface area contributed by atoms with Gasteiger partial charge in [0.25, 0.3) is 0 Å². The van der Waals surface area contributed by atoms with Gasteiger partial charge in [-0.3, -0.25) is 0 Å². The molecule has 0 saturated heterocycles. The first kappa shape index (κ1) is 13.6. The molecule has 2 aromatic carbocycles. The van der Waals surface area contributed by atoms with Gasteiger partial charge >= 0.3 is 0 Å². The van der Waals surface area contributed by atoms with Crippen molar-refractivity contribution in [2.45, 2.75) is 12.3 Å². The summed E-state index contributed by atoms with van der Waals surface area (Å²) in [5.74, 6) is 1.33. The Morgan fingerprint density at radius 2 is 1.95 bits per heavy atom. The van der Waals surface area contributed by atoms with Gasteiger partial charge in [0.05, 0.1) is 23.0 Å². The summed E-state index contributed by atoms with van der Waals surface area (Å²) in [7, 11) is 0. The zero-order chi connectivity index (χ0) is 13.9. The van der Waals surface area contributed by atoms with Crippen LogP contribution in [0.15, 0.2) is 42.5 Å². The molecule has 1 aliphatic heterocycles. The maximum Gasteiger partial charge on any atom is 0.142 e. The van der Waals surface area contributed by atoms with Crippen molar-refractivity contribution < 1.29 is 4.74 Å². The number of rotatable bonds is 2. The molecule has 0 atom stereocenters. The highest BCUT2D eigenvalue weighted by Gasteiger charge is 2.21. The second-order valence-corrected chi connectivity index (χ2v) is 5.38. The summed E-state index contributed by atoms with van der Waals surface area (Å²) in [6, 6.07) is 13.9. The lowest BCUT2D eigenvalue weighted by molar-refractivity contribution is 0.322. The standard InChI is InChI=1S/C16H15Cl2NO/c17-11-12-5-3-6-13(18)16(12)19-9-4-10-20-15-8-2-1-7-14(15)19/h1-3,5-8H,4,9-11H2. The summed E-state index contributed by atoms with van der Waals surface area (Å²) in [6.45, 7) is 1.58. The molecule has 2 nitrogen and oxygen atoms in total. The van der Waals surface area contributed by atoms with Gasteiger partial charge in [0.15, 0.2) is 0 Å². The van der Waals surface area contributed by atoms with E-state index < -0.39 is 0 Å². The van der Waals surface area contributed by atoms with Crippen LogP contribution in [0.1, 0.15) is 12.0 Å². The highest BCUT2D eigenvalue weighted by molar-refractivity contribution is 6.33. The molecular weight excluding hydrogens is 293 g/mol. The highest BCUT2D eigenvalue weighted by atomic mass is 35.5. The Kier molecular flexibility index (Phi) is 4.04. The van der Waals surface area contributed by atoms with E-state index in [9.17, 15) is 0 Å². The van der Waals surface area contributed by atoms with Gasteiger partial charge in [0, 0.05) is 12.4 Å². The van der Waals surface area contributed by atoms with Gasteiger partial charge in [-0.1, -0.05) is 35.9 Å². The van der Waals surface area contributed by atoms with Crippen molar-refractivity contribution in [2.24, 2.45) is 0 Å². The molecule has 0 bridgehead atoms. The molecule has 104 valence electrons. The molecule has 0 fully saturated rings. The first-order valence-electron chi connectivity index (χ1n) is 6.64. The molecule has 0 spiro atoms. The first-order chi connectivity index (χ1) is 9.81. The fraction of sp³-hybridized carbons (Fsp3) is 0.250. The van der Waals surface area contributed by atoms with Gasteiger partial charge in [-0.15, -0.1) is 11.6 Å². The molecule has 1 aliphatic rings. The molecule has 2 aromatic rings. The molecule has 1 heterocycles. The Labute approximate surface area is 128 Å². The van der Waals surface area contributed by atoms with E-state index in [1.54, 1.807) is 0 Å². The Morgan fingerprint density at radius 1 is 1.10 bits per heavy atom. The van der Waals surface area contributed by atoms with E-state index in [0.717, 1.165) is 40.7 Å². The third-order valence-electron chi connectivity index (χ3n) is 3.42. The lowest BCUT2D eigenvalue weighted by Crippen LogP contribution is -2.19. The molecule has 0 saturated carbocycles. The van der Waals surface area contributed by atoms with Crippen LogP contribution in [-0.2, 0) is 5.88 Å². The summed E-state index contributed by atoms with van der Waals surface area (Å²) in [6.07, 6.45) is 0.946. The molecule has 0 unspecified atom stereocenters. The van der Waals surface area contributed by atoms with Gasteiger partial charge in [0.2, 0.25) is 0 Å². The average Bonchev–Trinajstić information content (AvgIpc) is 2.69. The Balaban J connectivity index is 2.15. The van der Waals surface area contributed by atoms with Crippen LogP contribution >= 0.6 is 23.2 Å². The molecular formula is C16H15Cl2NO. The van der Waals surface area contributed by atoms with Crippen LogP contribution in [0.4, 0.5) is 11.4 Å². The number of halogens is 2. The maximum atomic E-state index is 6.42. The van der Waals surface area contributed by atoms with Crippen molar-refractivity contribution in [3.05, 3.63) is 53.1 Å².